The number of hydrogen-bond acceptors (Lipinski definition) is 2. The summed E-state index contributed by atoms with van der Waals surface area (Å²) in [6.07, 6.45) is 8.33. The highest BCUT2D eigenvalue weighted by Gasteiger charge is 2.35. The zero-order valence-electron chi connectivity index (χ0n) is 7.97. The Labute approximate surface area is 75.1 Å². The van der Waals surface area contributed by atoms with Gasteiger partial charge in [-0.15, -0.1) is 0 Å². The molecule has 2 aliphatic rings. The minimum atomic E-state index is 0.760. The molecule has 70 valence electrons. The fraction of sp³-hybridized carbons (Fsp3) is 1.00. The van der Waals surface area contributed by atoms with Gasteiger partial charge in [0.2, 0.25) is 0 Å². The van der Waals surface area contributed by atoms with E-state index in [1.54, 1.807) is 0 Å². The lowest BCUT2D eigenvalue weighted by atomic mass is 10.0. The van der Waals surface area contributed by atoms with Gasteiger partial charge in [0.05, 0.1) is 0 Å². The maximum absolute atomic E-state index is 3.43. The van der Waals surface area contributed by atoms with E-state index >= 15 is 0 Å². The van der Waals surface area contributed by atoms with Crippen LogP contribution in [0.15, 0.2) is 0 Å². The topological polar surface area (TPSA) is 24.1 Å². The second-order valence-electron chi connectivity index (χ2n) is 4.31. The van der Waals surface area contributed by atoms with Gasteiger partial charge in [0, 0.05) is 12.1 Å². The van der Waals surface area contributed by atoms with Crippen molar-refractivity contribution in [3.63, 3.8) is 0 Å². The standard InChI is InChI=1S/C10H20N2/c1-2-3-4-9-7-10(12-11-9)8-5-6-8/h8-12H,2-7H2,1H3. The van der Waals surface area contributed by atoms with Crippen molar-refractivity contribution >= 4 is 0 Å². The van der Waals surface area contributed by atoms with Gasteiger partial charge >= 0.3 is 0 Å². The third-order valence-electron chi connectivity index (χ3n) is 3.11. The second-order valence-corrected chi connectivity index (χ2v) is 4.31. The molecule has 0 bridgehead atoms. The van der Waals surface area contributed by atoms with Crippen LogP contribution in [0.3, 0.4) is 0 Å². The zero-order valence-corrected chi connectivity index (χ0v) is 7.97. The lowest BCUT2D eigenvalue weighted by molar-refractivity contribution is 0.489. The van der Waals surface area contributed by atoms with Crippen molar-refractivity contribution in [2.75, 3.05) is 0 Å². The van der Waals surface area contributed by atoms with Gasteiger partial charge in [0.25, 0.3) is 0 Å². The molecule has 0 radical (unpaired) electrons. The van der Waals surface area contributed by atoms with Gasteiger partial charge in [-0.05, 0) is 31.6 Å². The molecule has 0 aromatic heterocycles. The highest BCUT2D eigenvalue weighted by molar-refractivity contribution is 4.92. The van der Waals surface area contributed by atoms with Gasteiger partial charge in [0.15, 0.2) is 0 Å². The maximum atomic E-state index is 3.43. The smallest absolute Gasteiger partial charge is 0.0256 e. The first kappa shape index (κ1) is 8.52. The van der Waals surface area contributed by atoms with Gasteiger partial charge in [-0.1, -0.05) is 19.8 Å². The molecule has 0 amide bonds. The van der Waals surface area contributed by atoms with Gasteiger partial charge in [-0.25, -0.2) is 0 Å². The fourth-order valence-electron chi connectivity index (χ4n) is 2.10. The molecule has 0 spiro atoms. The van der Waals surface area contributed by atoms with Crippen LogP contribution >= 0.6 is 0 Å². The van der Waals surface area contributed by atoms with Crippen molar-refractivity contribution in [1.82, 2.24) is 10.9 Å². The van der Waals surface area contributed by atoms with Crippen molar-refractivity contribution in [3.05, 3.63) is 0 Å². The summed E-state index contributed by atoms with van der Waals surface area (Å²) in [5.41, 5.74) is 6.84. The minimum Gasteiger partial charge on any atom is -0.254 e. The number of rotatable bonds is 4. The molecule has 0 aromatic rings. The SMILES string of the molecule is CCCCC1CC(C2CC2)NN1. The quantitative estimate of drug-likeness (QED) is 0.669. The number of unbranched alkanes of at least 4 members (excludes halogenated alkanes) is 1. The molecule has 1 aliphatic carbocycles. The van der Waals surface area contributed by atoms with E-state index < -0.39 is 0 Å². The predicted octanol–water partition coefficient (Wildman–Crippen LogP) is 1.82. The first-order valence-electron chi connectivity index (χ1n) is 5.41. The molecule has 1 aliphatic heterocycles. The Morgan fingerprint density at radius 2 is 2.08 bits per heavy atom. The predicted molar refractivity (Wildman–Crippen MR) is 50.7 cm³/mol. The molecule has 2 N–H and O–H groups in total. The van der Waals surface area contributed by atoms with Crippen LogP contribution in [0.1, 0.15) is 45.4 Å². The van der Waals surface area contributed by atoms with Crippen LogP contribution in [0.5, 0.6) is 0 Å². The van der Waals surface area contributed by atoms with Crippen molar-refractivity contribution in [2.45, 2.75) is 57.5 Å². The Bertz CT molecular complexity index is 143. The average Bonchev–Trinajstić information content (AvgIpc) is 2.83. The van der Waals surface area contributed by atoms with E-state index in [1.807, 2.05) is 0 Å². The molecule has 2 unspecified atom stereocenters. The number of hydrogen-bond donors (Lipinski definition) is 2. The molecular formula is C10H20N2. The molecule has 1 heterocycles. The van der Waals surface area contributed by atoms with Crippen molar-refractivity contribution in [1.29, 1.82) is 0 Å². The summed E-state index contributed by atoms with van der Waals surface area (Å²) in [6.45, 7) is 2.26. The van der Waals surface area contributed by atoms with Crippen LogP contribution in [0, 0.1) is 5.92 Å². The van der Waals surface area contributed by atoms with Gasteiger partial charge in [-0.2, -0.15) is 0 Å². The summed E-state index contributed by atoms with van der Waals surface area (Å²) in [5.74, 6) is 1.00. The first-order chi connectivity index (χ1) is 5.90. The molecule has 2 rings (SSSR count). The molecule has 2 nitrogen and oxygen atoms in total. The lowest BCUT2D eigenvalue weighted by Crippen LogP contribution is -2.34. The maximum Gasteiger partial charge on any atom is 0.0256 e. The van der Waals surface area contributed by atoms with E-state index in [0.717, 1.165) is 18.0 Å². The van der Waals surface area contributed by atoms with Crippen LogP contribution in [0.2, 0.25) is 0 Å². The van der Waals surface area contributed by atoms with E-state index in [4.69, 9.17) is 0 Å². The van der Waals surface area contributed by atoms with Gasteiger partial charge < -0.3 is 0 Å². The fourth-order valence-corrected chi connectivity index (χ4v) is 2.10. The molecule has 0 aromatic carbocycles. The van der Waals surface area contributed by atoms with Crippen molar-refractivity contribution < 1.29 is 0 Å². The Hall–Kier alpha value is -0.0800. The summed E-state index contributed by atoms with van der Waals surface area (Å²) in [6, 6.07) is 1.56. The molecule has 1 saturated heterocycles. The third-order valence-corrected chi connectivity index (χ3v) is 3.11. The third kappa shape index (κ3) is 1.99. The molecule has 12 heavy (non-hydrogen) atoms. The lowest BCUT2D eigenvalue weighted by Gasteiger charge is -2.06. The Morgan fingerprint density at radius 3 is 2.75 bits per heavy atom. The number of hydrazine groups is 1. The molecule has 1 saturated carbocycles. The monoisotopic (exact) mass is 168 g/mol. The summed E-state index contributed by atoms with van der Waals surface area (Å²) in [7, 11) is 0. The van der Waals surface area contributed by atoms with Crippen LogP contribution in [0.4, 0.5) is 0 Å². The molecule has 2 fully saturated rings. The van der Waals surface area contributed by atoms with Gasteiger partial charge in [0.1, 0.15) is 0 Å². The molecular weight excluding hydrogens is 148 g/mol. The van der Waals surface area contributed by atoms with E-state index in [2.05, 4.69) is 17.8 Å². The molecule has 2 heteroatoms. The highest BCUT2D eigenvalue weighted by atomic mass is 15.4. The van der Waals surface area contributed by atoms with Crippen molar-refractivity contribution in [2.24, 2.45) is 5.92 Å². The van der Waals surface area contributed by atoms with Crippen LogP contribution in [0.25, 0.3) is 0 Å². The second kappa shape index (κ2) is 3.75. The van der Waals surface area contributed by atoms with E-state index in [1.165, 1.54) is 38.5 Å². The average molecular weight is 168 g/mol. The summed E-state index contributed by atoms with van der Waals surface area (Å²) >= 11 is 0. The first-order valence-corrected chi connectivity index (χ1v) is 5.41. The Morgan fingerprint density at radius 1 is 1.25 bits per heavy atom. The van der Waals surface area contributed by atoms with Crippen LogP contribution in [-0.4, -0.2) is 12.1 Å². The minimum absolute atomic E-state index is 0.760. The van der Waals surface area contributed by atoms with Crippen LogP contribution in [-0.2, 0) is 0 Å². The Balaban J connectivity index is 1.67. The van der Waals surface area contributed by atoms with E-state index in [0.29, 0.717) is 0 Å². The summed E-state index contributed by atoms with van der Waals surface area (Å²) in [5, 5.41) is 0. The Kier molecular flexibility index (Phi) is 2.66. The van der Waals surface area contributed by atoms with Crippen molar-refractivity contribution in [3.8, 4) is 0 Å². The van der Waals surface area contributed by atoms with Gasteiger partial charge in [-0.3, -0.25) is 10.9 Å². The molecule has 2 atom stereocenters. The summed E-state index contributed by atoms with van der Waals surface area (Å²) < 4.78 is 0. The van der Waals surface area contributed by atoms with Crippen LogP contribution < -0.4 is 10.9 Å². The zero-order chi connectivity index (χ0) is 8.39. The van der Waals surface area contributed by atoms with E-state index in [9.17, 15) is 0 Å². The largest absolute Gasteiger partial charge is 0.254 e. The number of nitrogens with one attached hydrogen (secondary N) is 2. The summed E-state index contributed by atoms with van der Waals surface area (Å²) in [4.78, 5) is 0. The normalized spacial score (nSPS) is 35.8. The highest BCUT2D eigenvalue weighted by Crippen LogP contribution is 2.36. The van der Waals surface area contributed by atoms with E-state index in [-0.39, 0.29) is 0 Å².